The fraction of sp³-hybridized carbons (Fsp3) is 0.200. The van der Waals surface area contributed by atoms with Crippen molar-refractivity contribution < 1.29 is 9.60 Å². The summed E-state index contributed by atoms with van der Waals surface area (Å²) in [7, 11) is 0. The van der Waals surface area contributed by atoms with E-state index in [0.29, 0.717) is 17.9 Å². The Hall–Kier alpha value is -2.63. The van der Waals surface area contributed by atoms with Gasteiger partial charge in [-0.05, 0) is 49.7 Å². The van der Waals surface area contributed by atoms with Crippen molar-refractivity contribution in [2.45, 2.75) is 13.8 Å². The highest BCUT2D eigenvalue weighted by Crippen LogP contribution is 2.28. The van der Waals surface area contributed by atoms with Crippen molar-refractivity contribution in [1.29, 1.82) is 0 Å². The van der Waals surface area contributed by atoms with E-state index in [0.717, 1.165) is 11.3 Å². The Kier molecular flexibility index (Phi) is 4.37. The fourth-order valence-electron chi connectivity index (χ4n) is 2.19. The Morgan fingerprint density at radius 3 is 2.57 bits per heavy atom. The molecule has 1 heterocycles. The molecule has 21 heavy (non-hydrogen) atoms. The van der Waals surface area contributed by atoms with Crippen LogP contribution in [0, 0.1) is 12.7 Å². The van der Waals surface area contributed by atoms with Gasteiger partial charge < -0.3 is 15.8 Å². The van der Waals surface area contributed by atoms with Gasteiger partial charge in [0.1, 0.15) is 11.6 Å². The van der Waals surface area contributed by atoms with Crippen LogP contribution in [-0.4, -0.2) is 22.6 Å². The van der Waals surface area contributed by atoms with E-state index in [4.69, 9.17) is 10.9 Å². The lowest BCUT2D eigenvalue weighted by Gasteiger charge is -2.25. The predicted octanol–water partition coefficient (Wildman–Crippen LogP) is 2.78. The van der Waals surface area contributed by atoms with E-state index in [1.807, 2.05) is 18.7 Å². The highest BCUT2D eigenvalue weighted by Gasteiger charge is 2.18. The molecule has 6 heteroatoms. The van der Waals surface area contributed by atoms with E-state index < -0.39 is 0 Å². The molecule has 0 atom stereocenters. The van der Waals surface area contributed by atoms with Gasteiger partial charge >= 0.3 is 0 Å². The third kappa shape index (κ3) is 2.94. The molecular weight excluding hydrogens is 271 g/mol. The van der Waals surface area contributed by atoms with Gasteiger partial charge in [-0.15, -0.1) is 0 Å². The molecule has 0 aliphatic carbocycles. The highest BCUT2D eigenvalue weighted by molar-refractivity contribution is 6.03. The highest BCUT2D eigenvalue weighted by atomic mass is 19.1. The number of aromatic nitrogens is 1. The summed E-state index contributed by atoms with van der Waals surface area (Å²) >= 11 is 0. The number of hydrogen-bond acceptors (Lipinski definition) is 4. The summed E-state index contributed by atoms with van der Waals surface area (Å²) in [6, 6.07) is 7.89. The maximum atomic E-state index is 13.1. The predicted molar refractivity (Wildman–Crippen MR) is 80.6 cm³/mol. The summed E-state index contributed by atoms with van der Waals surface area (Å²) in [6.07, 6.45) is 1.66. The summed E-state index contributed by atoms with van der Waals surface area (Å²) in [6.45, 7) is 4.41. The van der Waals surface area contributed by atoms with Gasteiger partial charge in [0.2, 0.25) is 0 Å². The van der Waals surface area contributed by atoms with E-state index in [1.54, 1.807) is 24.4 Å². The van der Waals surface area contributed by atoms with Crippen LogP contribution in [0.2, 0.25) is 0 Å². The Bertz CT molecular complexity index is 655. The minimum absolute atomic E-state index is 0.00355. The quantitative estimate of drug-likeness (QED) is 0.392. The number of pyridine rings is 1. The number of nitrogens with two attached hydrogens (primary N) is 1. The number of oxime groups is 1. The molecule has 0 spiro atoms. The van der Waals surface area contributed by atoms with Crippen molar-refractivity contribution in [3.05, 3.63) is 53.5 Å². The van der Waals surface area contributed by atoms with Crippen LogP contribution in [0.15, 0.2) is 41.7 Å². The van der Waals surface area contributed by atoms with Gasteiger partial charge in [-0.2, -0.15) is 0 Å². The fourth-order valence-corrected chi connectivity index (χ4v) is 2.19. The average Bonchev–Trinajstić information content (AvgIpc) is 2.49. The van der Waals surface area contributed by atoms with E-state index in [1.165, 1.54) is 12.1 Å². The second kappa shape index (κ2) is 6.21. The van der Waals surface area contributed by atoms with Crippen LogP contribution in [0.1, 0.15) is 18.1 Å². The van der Waals surface area contributed by atoms with Crippen LogP contribution < -0.4 is 10.6 Å². The standard InChI is InChI=1S/C15H17FN4O/c1-3-20(12-6-4-11(16)5-7-12)15-13(14(17)19-21)10(2)8-9-18-15/h4-9,21H,3H2,1-2H3,(H2,17,19). The van der Waals surface area contributed by atoms with Crippen molar-refractivity contribution in [3.63, 3.8) is 0 Å². The molecule has 1 aromatic heterocycles. The molecule has 110 valence electrons. The van der Waals surface area contributed by atoms with E-state index >= 15 is 0 Å². The molecule has 0 saturated heterocycles. The molecule has 0 unspecified atom stereocenters. The molecule has 2 rings (SSSR count). The summed E-state index contributed by atoms with van der Waals surface area (Å²) < 4.78 is 13.1. The third-order valence-corrected chi connectivity index (χ3v) is 3.21. The number of halogens is 1. The average molecular weight is 288 g/mol. The van der Waals surface area contributed by atoms with Gasteiger partial charge in [-0.25, -0.2) is 9.37 Å². The lowest BCUT2D eigenvalue weighted by molar-refractivity contribution is 0.318. The molecule has 2 aromatic rings. The van der Waals surface area contributed by atoms with Gasteiger partial charge in [0, 0.05) is 18.4 Å². The minimum Gasteiger partial charge on any atom is -0.409 e. The number of nitrogens with zero attached hydrogens (tertiary/aromatic N) is 3. The van der Waals surface area contributed by atoms with E-state index in [-0.39, 0.29) is 11.7 Å². The Balaban J connectivity index is 2.57. The van der Waals surface area contributed by atoms with Crippen LogP contribution in [0.3, 0.4) is 0 Å². The molecule has 0 saturated carbocycles. The smallest absolute Gasteiger partial charge is 0.174 e. The lowest BCUT2D eigenvalue weighted by Crippen LogP contribution is -2.24. The van der Waals surface area contributed by atoms with Crippen LogP contribution in [-0.2, 0) is 0 Å². The van der Waals surface area contributed by atoms with Gasteiger partial charge in [0.25, 0.3) is 0 Å². The second-order valence-corrected chi connectivity index (χ2v) is 4.53. The molecule has 0 bridgehead atoms. The molecule has 0 amide bonds. The van der Waals surface area contributed by atoms with Crippen molar-refractivity contribution in [3.8, 4) is 0 Å². The number of anilines is 2. The third-order valence-electron chi connectivity index (χ3n) is 3.21. The molecule has 0 fully saturated rings. The maximum Gasteiger partial charge on any atom is 0.174 e. The first-order valence-electron chi connectivity index (χ1n) is 6.55. The Labute approximate surface area is 122 Å². The van der Waals surface area contributed by atoms with Crippen LogP contribution in [0.25, 0.3) is 0 Å². The van der Waals surface area contributed by atoms with Gasteiger partial charge in [-0.3, -0.25) is 0 Å². The molecular formula is C15H17FN4O. The number of aryl methyl sites for hydroxylation is 1. The van der Waals surface area contributed by atoms with Crippen molar-refractivity contribution in [2.24, 2.45) is 10.9 Å². The SMILES string of the molecule is CCN(c1ccc(F)cc1)c1nccc(C)c1/C(N)=N/O. The Morgan fingerprint density at radius 1 is 1.33 bits per heavy atom. The first-order chi connectivity index (χ1) is 10.1. The zero-order valence-electron chi connectivity index (χ0n) is 11.9. The van der Waals surface area contributed by atoms with Crippen LogP contribution >= 0.6 is 0 Å². The monoisotopic (exact) mass is 288 g/mol. The lowest BCUT2D eigenvalue weighted by atomic mass is 10.1. The van der Waals surface area contributed by atoms with Crippen molar-refractivity contribution in [2.75, 3.05) is 11.4 Å². The Morgan fingerprint density at radius 2 is 2.00 bits per heavy atom. The maximum absolute atomic E-state index is 13.1. The normalized spacial score (nSPS) is 11.5. The first kappa shape index (κ1) is 14.8. The molecule has 5 nitrogen and oxygen atoms in total. The van der Waals surface area contributed by atoms with E-state index in [2.05, 4.69) is 10.1 Å². The number of benzene rings is 1. The van der Waals surface area contributed by atoms with E-state index in [9.17, 15) is 4.39 Å². The summed E-state index contributed by atoms with van der Waals surface area (Å²) in [5, 5.41) is 12.0. The zero-order chi connectivity index (χ0) is 15.4. The molecule has 0 aliphatic rings. The molecule has 1 aromatic carbocycles. The molecule has 3 N–H and O–H groups in total. The minimum atomic E-state index is -0.302. The van der Waals surface area contributed by atoms with Gasteiger partial charge in [-0.1, -0.05) is 5.16 Å². The number of hydrogen-bond donors (Lipinski definition) is 2. The summed E-state index contributed by atoms with van der Waals surface area (Å²) in [5.41, 5.74) is 7.95. The summed E-state index contributed by atoms with van der Waals surface area (Å²) in [4.78, 5) is 6.21. The first-order valence-corrected chi connectivity index (χ1v) is 6.55. The van der Waals surface area contributed by atoms with Crippen LogP contribution in [0.5, 0.6) is 0 Å². The van der Waals surface area contributed by atoms with Crippen molar-refractivity contribution in [1.82, 2.24) is 4.98 Å². The topological polar surface area (TPSA) is 74.7 Å². The van der Waals surface area contributed by atoms with Crippen LogP contribution in [0.4, 0.5) is 15.9 Å². The van der Waals surface area contributed by atoms with Gasteiger partial charge in [0.15, 0.2) is 5.84 Å². The number of amidine groups is 1. The van der Waals surface area contributed by atoms with Gasteiger partial charge in [0.05, 0.1) is 5.56 Å². The zero-order valence-corrected chi connectivity index (χ0v) is 11.9. The van der Waals surface area contributed by atoms with Crippen molar-refractivity contribution >= 4 is 17.3 Å². The molecule has 0 radical (unpaired) electrons. The largest absolute Gasteiger partial charge is 0.409 e. The second-order valence-electron chi connectivity index (χ2n) is 4.53. The summed E-state index contributed by atoms with van der Waals surface area (Å²) in [5.74, 6) is 0.263. The number of rotatable bonds is 4. The molecule has 0 aliphatic heterocycles.